The van der Waals surface area contributed by atoms with Gasteiger partial charge in [-0.1, -0.05) is 30.3 Å². The average Bonchev–Trinajstić information content (AvgIpc) is 3.11. The van der Waals surface area contributed by atoms with Crippen molar-refractivity contribution in [1.82, 2.24) is 20.4 Å². The highest BCUT2D eigenvalue weighted by atomic mass is 127. The number of nitrogens with one attached hydrogen (secondary N) is 2. The number of aryl methyl sites for hydroxylation is 1. The number of benzene rings is 2. The van der Waals surface area contributed by atoms with Gasteiger partial charge in [0.2, 0.25) is 0 Å². The molecule has 1 aromatic heterocycles. The largest absolute Gasteiger partial charge is 0.382 e. The van der Waals surface area contributed by atoms with E-state index < -0.39 is 0 Å². The Labute approximate surface area is 204 Å². The van der Waals surface area contributed by atoms with E-state index in [1.54, 1.807) is 16.8 Å². The number of rotatable bonds is 8. The lowest BCUT2D eigenvalue weighted by Gasteiger charge is -2.11. The molecule has 4 N–H and O–H groups in total. The zero-order valence-electron chi connectivity index (χ0n) is 17.9. The third kappa shape index (κ3) is 6.68. The van der Waals surface area contributed by atoms with Gasteiger partial charge in [0, 0.05) is 13.1 Å². The molecule has 0 aliphatic heterocycles. The number of nitriles is 1. The first-order valence-corrected chi connectivity index (χ1v) is 10.2. The summed E-state index contributed by atoms with van der Waals surface area (Å²) in [6.07, 6.45) is 1.36. The normalized spacial score (nSPS) is 10.8. The minimum atomic E-state index is -0.259. The molecular formula is C23H27FIN7. The Morgan fingerprint density at radius 3 is 2.53 bits per heavy atom. The maximum atomic E-state index is 13.0. The van der Waals surface area contributed by atoms with Gasteiger partial charge < -0.3 is 16.4 Å². The van der Waals surface area contributed by atoms with Crippen molar-refractivity contribution < 1.29 is 4.39 Å². The van der Waals surface area contributed by atoms with E-state index >= 15 is 0 Å². The zero-order valence-corrected chi connectivity index (χ0v) is 20.2. The van der Waals surface area contributed by atoms with E-state index in [1.165, 1.54) is 12.1 Å². The third-order valence-electron chi connectivity index (χ3n) is 4.67. The lowest BCUT2D eigenvalue weighted by atomic mass is 10.1. The Hall–Kier alpha value is -3.13. The molecule has 168 valence electrons. The van der Waals surface area contributed by atoms with Gasteiger partial charge in [0.05, 0.1) is 17.9 Å². The fourth-order valence-corrected chi connectivity index (χ4v) is 3.11. The quantitative estimate of drug-likeness (QED) is 0.173. The first-order chi connectivity index (χ1) is 15.1. The fraction of sp³-hybridized carbons (Fsp3) is 0.261. The van der Waals surface area contributed by atoms with Gasteiger partial charge in [-0.3, -0.25) is 0 Å². The maximum Gasteiger partial charge on any atom is 0.191 e. The molecule has 1 heterocycles. The number of aromatic nitrogens is 2. The number of guanidine groups is 1. The monoisotopic (exact) mass is 547 g/mol. The van der Waals surface area contributed by atoms with Crippen LogP contribution in [0.4, 0.5) is 10.2 Å². The van der Waals surface area contributed by atoms with Crippen LogP contribution in [0.1, 0.15) is 30.2 Å². The SMILES string of the molecule is CCNC(=NCc1ccc(F)cc1)NCCCc1nn(-c2ccccc2)c(N)c1C#N.I. The molecule has 0 unspecified atom stereocenters. The molecule has 9 heteroatoms. The Bertz CT molecular complexity index is 1060. The second-order valence-corrected chi connectivity index (χ2v) is 6.92. The van der Waals surface area contributed by atoms with E-state index in [4.69, 9.17) is 5.73 Å². The van der Waals surface area contributed by atoms with Crippen LogP contribution < -0.4 is 16.4 Å². The summed E-state index contributed by atoms with van der Waals surface area (Å²) in [6.45, 7) is 3.82. The van der Waals surface area contributed by atoms with Crippen LogP contribution in [-0.2, 0) is 13.0 Å². The van der Waals surface area contributed by atoms with Gasteiger partial charge >= 0.3 is 0 Å². The molecule has 0 saturated carbocycles. The molecular weight excluding hydrogens is 520 g/mol. The highest BCUT2D eigenvalue weighted by Gasteiger charge is 2.16. The summed E-state index contributed by atoms with van der Waals surface area (Å²) in [4.78, 5) is 4.53. The standard InChI is InChI=1S/C23H26FN7.HI/c1-2-27-23(29-16-17-10-12-18(24)13-11-17)28-14-6-9-21-20(15-25)22(26)31(30-21)19-7-4-3-5-8-19;/h3-5,7-8,10-13H,2,6,9,14,16,26H2,1H3,(H2,27,28,29);1H. The Morgan fingerprint density at radius 2 is 1.88 bits per heavy atom. The minimum Gasteiger partial charge on any atom is -0.382 e. The molecule has 0 aliphatic carbocycles. The van der Waals surface area contributed by atoms with Crippen molar-refractivity contribution in [2.75, 3.05) is 18.8 Å². The van der Waals surface area contributed by atoms with Gasteiger partial charge in [0.1, 0.15) is 23.3 Å². The molecule has 2 aromatic carbocycles. The molecule has 3 aromatic rings. The van der Waals surface area contributed by atoms with Crippen molar-refractivity contribution in [1.29, 1.82) is 5.26 Å². The van der Waals surface area contributed by atoms with Crippen LogP contribution in [0.5, 0.6) is 0 Å². The number of anilines is 1. The summed E-state index contributed by atoms with van der Waals surface area (Å²) < 4.78 is 14.6. The van der Waals surface area contributed by atoms with Gasteiger partial charge in [-0.2, -0.15) is 10.4 Å². The van der Waals surface area contributed by atoms with Crippen LogP contribution in [-0.4, -0.2) is 28.8 Å². The number of nitrogens with zero attached hydrogens (tertiary/aromatic N) is 4. The highest BCUT2D eigenvalue weighted by Crippen LogP contribution is 2.21. The van der Waals surface area contributed by atoms with Gasteiger partial charge in [-0.15, -0.1) is 24.0 Å². The Morgan fingerprint density at radius 1 is 1.16 bits per heavy atom. The van der Waals surface area contributed by atoms with Crippen LogP contribution in [0.15, 0.2) is 59.6 Å². The number of hydrogen-bond donors (Lipinski definition) is 3. The summed E-state index contributed by atoms with van der Waals surface area (Å²) in [6, 6.07) is 18.0. The second kappa shape index (κ2) is 12.7. The number of hydrogen-bond acceptors (Lipinski definition) is 4. The zero-order chi connectivity index (χ0) is 22.1. The average molecular weight is 547 g/mol. The number of nitrogen functional groups attached to an aromatic ring is 1. The summed E-state index contributed by atoms with van der Waals surface area (Å²) >= 11 is 0. The number of nitrogens with two attached hydrogens (primary N) is 1. The first kappa shape index (κ1) is 25.1. The number of para-hydroxylation sites is 1. The smallest absolute Gasteiger partial charge is 0.191 e. The summed E-state index contributed by atoms with van der Waals surface area (Å²) in [7, 11) is 0. The van der Waals surface area contributed by atoms with Crippen LogP contribution in [0, 0.1) is 17.1 Å². The van der Waals surface area contributed by atoms with Gasteiger partial charge in [-0.05, 0) is 49.6 Å². The van der Waals surface area contributed by atoms with Crippen molar-refractivity contribution in [2.24, 2.45) is 4.99 Å². The van der Waals surface area contributed by atoms with Gasteiger partial charge in [0.15, 0.2) is 5.96 Å². The highest BCUT2D eigenvalue weighted by molar-refractivity contribution is 14.0. The van der Waals surface area contributed by atoms with Crippen LogP contribution >= 0.6 is 24.0 Å². The van der Waals surface area contributed by atoms with E-state index in [-0.39, 0.29) is 29.8 Å². The van der Waals surface area contributed by atoms with E-state index in [1.807, 2.05) is 37.3 Å². The fourth-order valence-electron chi connectivity index (χ4n) is 3.11. The number of halogens is 2. The molecule has 0 bridgehead atoms. The lowest BCUT2D eigenvalue weighted by molar-refractivity contribution is 0.627. The molecule has 0 atom stereocenters. The molecule has 32 heavy (non-hydrogen) atoms. The van der Waals surface area contributed by atoms with E-state index in [2.05, 4.69) is 26.8 Å². The van der Waals surface area contributed by atoms with Gasteiger partial charge in [-0.25, -0.2) is 14.1 Å². The Balaban J connectivity index is 0.00000363. The molecule has 3 rings (SSSR count). The van der Waals surface area contributed by atoms with Crippen molar-refractivity contribution in [3.05, 3.63) is 77.2 Å². The van der Waals surface area contributed by atoms with Crippen LogP contribution in [0.3, 0.4) is 0 Å². The molecule has 0 aliphatic rings. The molecule has 0 amide bonds. The lowest BCUT2D eigenvalue weighted by Crippen LogP contribution is -2.37. The van der Waals surface area contributed by atoms with Crippen LogP contribution in [0.2, 0.25) is 0 Å². The topological polar surface area (TPSA) is 104 Å². The van der Waals surface area contributed by atoms with Crippen molar-refractivity contribution in [3.63, 3.8) is 0 Å². The predicted molar refractivity (Wildman–Crippen MR) is 136 cm³/mol. The van der Waals surface area contributed by atoms with Crippen molar-refractivity contribution in [3.8, 4) is 11.8 Å². The van der Waals surface area contributed by atoms with E-state index in [9.17, 15) is 9.65 Å². The van der Waals surface area contributed by atoms with Crippen molar-refractivity contribution in [2.45, 2.75) is 26.3 Å². The molecule has 0 fully saturated rings. The number of aliphatic imine (C=N–C) groups is 1. The van der Waals surface area contributed by atoms with E-state index in [0.29, 0.717) is 42.5 Å². The minimum absolute atomic E-state index is 0. The Kier molecular flexibility index (Phi) is 9.94. The van der Waals surface area contributed by atoms with E-state index in [0.717, 1.165) is 24.2 Å². The predicted octanol–water partition coefficient (Wildman–Crippen LogP) is 3.77. The maximum absolute atomic E-state index is 13.0. The van der Waals surface area contributed by atoms with Crippen molar-refractivity contribution >= 4 is 35.8 Å². The molecule has 7 nitrogen and oxygen atoms in total. The summed E-state index contributed by atoms with van der Waals surface area (Å²) in [5.41, 5.74) is 9.00. The third-order valence-corrected chi connectivity index (χ3v) is 4.67. The molecule has 0 radical (unpaired) electrons. The van der Waals surface area contributed by atoms with Crippen LogP contribution in [0.25, 0.3) is 5.69 Å². The van der Waals surface area contributed by atoms with Gasteiger partial charge in [0.25, 0.3) is 0 Å². The summed E-state index contributed by atoms with van der Waals surface area (Å²) in [5.74, 6) is 0.775. The first-order valence-electron chi connectivity index (χ1n) is 10.2. The molecule has 0 spiro atoms. The second-order valence-electron chi connectivity index (χ2n) is 6.92. The molecule has 0 saturated heterocycles. The summed E-state index contributed by atoms with van der Waals surface area (Å²) in [5, 5.41) is 20.5.